The monoisotopic (exact) mass is 432 g/mol. The molecule has 23 heavy (non-hydrogen) atoms. The molecule has 1 aromatic carbocycles. The molecule has 0 unspecified atom stereocenters. The SMILES string of the molecule is CN=C(NCCc1ccc(C)cc1)NCC(=O)NC(C)(C)C.I. The average molecular weight is 432 g/mol. The lowest BCUT2D eigenvalue weighted by atomic mass is 10.1. The van der Waals surface area contributed by atoms with Crippen LogP contribution in [0.3, 0.4) is 0 Å². The van der Waals surface area contributed by atoms with Gasteiger partial charge in [0, 0.05) is 19.1 Å². The normalized spacial score (nSPS) is 11.4. The topological polar surface area (TPSA) is 65.5 Å². The maximum absolute atomic E-state index is 11.7. The summed E-state index contributed by atoms with van der Waals surface area (Å²) in [4.78, 5) is 15.9. The number of benzene rings is 1. The quantitative estimate of drug-likeness (QED) is 0.380. The Labute approximate surface area is 156 Å². The highest BCUT2D eigenvalue weighted by Crippen LogP contribution is 2.03. The molecule has 0 saturated carbocycles. The fourth-order valence-corrected chi connectivity index (χ4v) is 1.93. The molecule has 0 aliphatic heterocycles. The summed E-state index contributed by atoms with van der Waals surface area (Å²) in [7, 11) is 1.70. The number of hydrogen-bond donors (Lipinski definition) is 3. The highest BCUT2D eigenvalue weighted by atomic mass is 127. The van der Waals surface area contributed by atoms with E-state index in [1.54, 1.807) is 7.05 Å². The maximum Gasteiger partial charge on any atom is 0.239 e. The third-order valence-corrected chi connectivity index (χ3v) is 2.98. The average Bonchev–Trinajstić information content (AvgIpc) is 2.42. The van der Waals surface area contributed by atoms with Crippen molar-refractivity contribution in [3.8, 4) is 0 Å². The van der Waals surface area contributed by atoms with Crippen LogP contribution in [0.4, 0.5) is 0 Å². The van der Waals surface area contributed by atoms with Crippen LogP contribution in [0.2, 0.25) is 0 Å². The summed E-state index contributed by atoms with van der Waals surface area (Å²) >= 11 is 0. The standard InChI is InChI=1S/C17H28N4O.HI/c1-13-6-8-14(9-7-13)10-11-19-16(18-5)20-12-15(22)21-17(2,3)4;/h6-9H,10-12H2,1-5H3,(H,21,22)(H2,18,19,20);1H. The van der Waals surface area contributed by atoms with Crippen molar-refractivity contribution in [3.05, 3.63) is 35.4 Å². The zero-order valence-electron chi connectivity index (χ0n) is 14.7. The van der Waals surface area contributed by atoms with Gasteiger partial charge in [0.2, 0.25) is 5.91 Å². The number of aryl methyl sites for hydroxylation is 1. The second kappa shape index (κ2) is 10.5. The van der Waals surface area contributed by atoms with Crippen LogP contribution in [0.5, 0.6) is 0 Å². The van der Waals surface area contributed by atoms with Gasteiger partial charge in [0.25, 0.3) is 0 Å². The van der Waals surface area contributed by atoms with Crippen LogP contribution < -0.4 is 16.0 Å². The third-order valence-electron chi connectivity index (χ3n) is 2.98. The van der Waals surface area contributed by atoms with Gasteiger partial charge >= 0.3 is 0 Å². The third kappa shape index (κ3) is 10.1. The van der Waals surface area contributed by atoms with E-state index in [9.17, 15) is 4.79 Å². The summed E-state index contributed by atoms with van der Waals surface area (Å²) in [6, 6.07) is 8.48. The molecule has 130 valence electrons. The number of amides is 1. The summed E-state index contributed by atoms with van der Waals surface area (Å²) in [6.45, 7) is 8.93. The van der Waals surface area contributed by atoms with Gasteiger partial charge in [-0.3, -0.25) is 9.79 Å². The largest absolute Gasteiger partial charge is 0.356 e. The molecule has 0 bridgehead atoms. The number of nitrogens with one attached hydrogen (secondary N) is 3. The molecule has 6 heteroatoms. The van der Waals surface area contributed by atoms with Gasteiger partial charge in [-0.25, -0.2) is 0 Å². The summed E-state index contributed by atoms with van der Waals surface area (Å²) in [5, 5.41) is 9.13. The van der Waals surface area contributed by atoms with Gasteiger partial charge in [0.05, 0.1) is 6.54 Å². The molecule has 0 aliphatic carbocycles. The van der Waals surface area contributed by atoms with Crippen LogP contribution in [0, 0.1) is 6.92 Å². The molecule has 0 fully saturated rings. The van der Waals surface area contributed by atoms with Gasteiger partial charge in [0.15, 0.2) is 5.96 Å². The Morgan fingerprint density at radius 3 is 2.26 bits per heavy atom. The number of aliphatic imine (C=N–C) groups is 1. The van der Waals surface area contributed by atoms with E-state index in [0.717, 1.165) is 13.0 Å². The first-order valence-corrected chi connectivity index (χ1v) is 7.61. The first-order chi connectivity index (χ1) is 10.3. The molecular weight excluding hydrogens is 403 g/mol. The van der Waals surface area contributed by atoms with E-state index in [-0.39, 0.29) is 42.0 Å². The fourth-order valence-electron chi connectivity index (χ4n) is 1.93. The van der Waals surface area contributed by atoms with Gasteiger partial charge in [-0.1, -0.05) is 29.8 Å². The van der Waals surface area contributed by atoms with E-state index < -0.39 is 0 Å². The molecule has 0 saturated heterocycles. The zero-order chi connectivity index (χ0) is 16.6. The predicted molar refractivity (Wildman–Crippen MR) is 108 cm³/mol. The lowest BCUT2D eigenvalue weighted by Gasteiger charge is -2.21. The summed E-state index contributed by atoms with van der Waals surface area (Å²) in [6.07, 6.45) is 0.912. The number of nitrogens with zero attached hydrogens (tertiary/aromatic N) is 1. The van der Waals surface area contributed by atoms with Gasteiger partial charge < -0.3 is 16.0 Å². The van der Waals surface area contributed by atoms with E-state index in [0.29, 0.717) is 5.96 Å². The molecule has 1 amide bonds. The van der Waals surface area contributed by atoms with E-state index >= 15 is 0 Å². The van der Waals surface area contributed by atoms with Crippen molar-refractivity contribution in [2.24, 2.45) is 4.99 Å². The minimum atomic E-state index is -0.221. The van der Waals surface area contributed by atoms with Crippen LogP contribution in [-0.2, 0) is 11.2 Å². The molecule has 0 radical (unpaired) electrons. The van der Waals surface area contributed by atoms with Crippen LogP contribution in [-0.4, -0.2) is 37.5 Å². The van der Waals surface area contributed by atoms with Crippen molar-refractivity contribution in [2.75, 3.05) is 20.1 Å². The van der Waals surface area contributed by atoms with Gasteiger partial charge in [-0.05, 0) is 39.7 Å². The van der Waals surface area contributed by atoms with Crippen molar-refractivity contribution >= 4 is 35.8 Å². The molecule has 0 aromatic heterocycles. The van der Waals surface area contributed by atoms with E-state index in [1.165, 1.54) is 11.1 Å². The lowest BCUT2D eigenvalue weighted by Crippen LogP contribution is -2.48. The van der Waals surface area contributed by atoms with Gasteiger partial charge in [0.1, 0.15) is 0 Å². The predicted octanol–water partition coefficient (Wildman–Crippen LogP) is 2.24. The Kier molecular flexibility index (Phi) is 9.87. The number of carbonyl (C=O) groups excluding carboxylic acids is 1. The van der Waals surface area contributed by atoms with Crippen molar-refractivity contribution in [1.82, 2.24) is 16.0 Å². The second-order valence-electron chi connectivity index (χ2n) is 6.39. The number of hydrogen-bond acceptors (Lipinski definition) is 2. The Morgan fingerprint density at radius 1 is 1.13 bits per heavy atom. The van der Waals surface area contributed by atoms with Crippen LogP contribution in [0.15, 0.2) is 29.3 Å². The first-order valence-electron chi connectivity index (χ1n) is 7.61. The lowest BCUT2D eigenvalue weighted by molar-refractivity contribution is -0.121. The molecule has 0 aliphatic rings. The first kappa shape index (κ1) is 21.7. The van der Waals surface area contributed by atoms with Gasteiger partial charge in [-0.15, -0.1) is 24.0 Å². The molecule has 5 nitrogen and oxygen atoms in total. The highest BCUT2D eigenvalue weighted by Gasteiger charge is 2.13. The maximum atomic E-state index is 11.7. The van der Waals surface area contributed by atoms with Crippen LogP contribution >= 0.6 is 24.0 Å². The summed E-state index contributed by atoms with van der Waals surface area (Å²) in [5.41, 5.74) is 2.32. The minimum Gasteiger partial charge on any atom is -0.356 e. The molecule has 1 aromatic rings. The summed E-state index contributed by atoms with van der Waals surface area (Å²) < 4.78 is 0. The van der Waals surface area contributed by atoms with Crippen molar-refractivity contribution in [3.63, 3.8) is 0 Å². The number of guanidine groups is 1. The van der Waals surface area contributed by atoms with E-state index in [4.69, 9.17) is 0 Å². The van der Waals surface area contributed by atoms with Crippen molar-refractivity contribution in [1.29, 1.82) is 0 Å². The van der Waals surface area contributed by atoms with Crippen LogP contribution in [0.25, 0.3) is 0 Å². The number of carbonyl (C=O) groups is 1. The molecule has 0 spiro atoms. The van der Waals surface area contributed by atoms with Crippen molar-refractivity contribution < 1.29 is 4.79 Å². The fraction of sp³-hybridized carbons (Fsp3) is 0.529. The highest BCUT2D eigenvalue weighted by molar-refractivity contribution is 14.0. The Bertz CT molecular complexity index is 506. The number of rotatable bonds is 5. The second-order valence-corrected chi connectivity index (χ2v) is 6.39. The molecule has 1 rings (SSSR count). The Morgan fingerprint density at radius 2 is 1.74 bits per heavy atom. The van der Waals surface area contributed by atoms with Crippen LogP contribution in [0.1, 0.15) is 31.9 Å². The molecule has 3 N–H and O–H groups in total. The minimum absolute atomic E-state index is 0. The Balaban J connectivity index is 0.00000484. The smallest absolute Gasteiger partial charge is 0.239 e. The van der Waals surface area contributed by atoms with E-state index in [1.807, 2.05) is 20.8 Å². The molecule has 0 heterocycles. The van der Waals surface area contributed by atoms with E-state index in [2.05, 4.69) is 52.1 Å². The summed E-state index contributed by atoms with van der Waals surface area (Å²) in [5.74, 6) is 0.588. The number of halogens is 1. The Hall–Kier alpha value is -1.31. The zero-order valence-corrected chi connectivity index (χ0v) is 17.0. The van der Waals surface area contributed by atoms with Gasteiger partial charge in [-0.2, -0.15) is 0 Å². The molecule has 0 atom stereocenters. The van der Waals surface area contributed by atoms with Crippen molar-refractivity contribution in [2.45, 2.75) is 39.7 Å². The molecular formula is C17H29IN4O.